The van der Waals surface area contributed by atoms with E-state index < -0.39 is 11.4 Å². The topological polar surface area (TPSA) is 92.1 Å². The minimum absolute atomic E-state index is 0.00561. The summed E-state index contributed by atoms with van der Waals surface area (Å²) in [6, 6.07) is 5.29. The Morgan fingerprint density at radius 2 is 2.00 bits per heavy atom. The number of likely N-dealkylation sites (tertiary alicyclic amines) is 1. The number of anilines is 1. The minimum Gasteiger partial charge on any atom is -0.399 e. The second-order valence-corrected chi connectivity index (χ2v) is 7.62. The van der Waals surface area contributed by atoms with E-state index in [1.54, 1.807) is 4.90 Å². The molecule has 3 aromatic rings. The van der Waals surface area contributed by atoms with Gasteiger partial charge in [-0.3, -0.25) is 9.59 Å². The summed E-state index contributed by atoms with van der Waals surface area (Å²) in [5.74, 6) is -0.993. The van der Waals surface area contributed by atoms with E-state index >= 15 is 0 Å². The zero-order valence-corrected chi connectivity index (χ0v) is 17.4. The van der Waals surface area contributed by atoms with Crippen molar-refractivity contribution in [3.63, 3.8) is 0 Å². The number of hydrogen-bond acceptors (Lipinski definition) is 4. The summed E-state index contributed by atoms with van der Waals surface area (Å²) in [5, 5.41) is 0.784. The van der Waals surface area contributed by atoms with E-state index in [4.69, 9.17) is 28.9 Å². The maximum Gasteiger partial charge on any atom is 0.258 e. The predicted molar refractivity (Wildman–Crippen MR) is 113 cm³/mol. The first-order valence-corrected chi connectivity index (χ1v) is 9.76. The average molecular weight is 455 g/mol. The highest BCUT2D eigenvalue weighted by Crippen LogP contribution is 2.37. The molecule has 2 aromatic carbocycles. The molecule has 0 spiro atoms. The third-order valence-corrected chi connectivity index (χ3v) is 5.66. The molecule has 1 atom stereocenters. The summed E-state index contributed by atoms with van der Waals surface area (Å²) < 4.78 is 26.9. The van der Waals surface area contributed by atoms with Crippen LogP contribution in [0.3, 0.4) is 0 Å². The normalized spacial score (nSPS) is 15.8. The van der Waals surface area contributed by atoms with E-state index in [0.29, 0.717) is 23.7 Å². The number of carbonyl (C=O) groups excluding carboxylic acids is 1. The summed E-state index contributed by atoms with van der Waals surface area (Å²) in [7, 11) is 0. The quantitative estimate of drug-likeness (QED) is 0.427. The second-order valence-electron chi connectivity index (χ2n) is 6.84. The van der Waals surface area contributed by atoms with Gasteiger partial charge < -0.3 is 15.6 Å². The molecule has 0 aliphatic carbocycles. The highest BCUT2D eigenvalue weighted by Gasteiger charge is 2.29. The SMILES string of the molecule is CC(=O)N1CCC(c2c(F)ccc(Cl)c2Cl)C1.Nc1cc(F)c2nc[nH]c(=O)c2c1. The second kappa shape index (κ2) is 8.97. The third kappa shape index (κ3) is 4.55. The molecule has 6 nitrogen and oxygen atoms in total. The lowest BCUT2D eigenvalue weighted by molar-refractivity contribution is -0.127. The molecule has 1 aliphatic rings. The molecular weight excluding hydrogens is 437 g/mol. The number of H-pyrrole nitrogens is 1. The number of aromatic amines is 1. The van der Waals surface area contributed by atoms with Crippen molar-refractivity contribution < 1.29 is 13.6 Å². The van der Waals surface area contributed by atoms with Gasteiger partial charge in [-0.1, -0.05) is 23.2 Å². The van der Waals surface area contributed by atoms with E-state index in [1.807, 2.05) is 0 Å². The fraction of sp³-hybridized carbons (Fsp3) is 0.250. The van der Waals surface area contributed by atoms with Gasteiger partial charge in [0.15, 0.2) is 5.82 Å². The van der Waals surface area contributed by atoms with Crippen LogP contribution in [0.1, 0.15) is 24.8 Å². The number of halogens is 4. The number of nitrogens with one attached hydrogen (secondary N) is 1. The Balaban J connectivity index is 0.000000177. The number of benzene rings is 2. The van der Waals surface area contributed by atoms with Crippen molar-refractivity contribution in [2.75, 3.05) is 18.8 Å². The number of hydrogen-bond donors (Lipinski definition) is 2. The third-order valence-electron chi connectivity index (χ3n) is 4.84. The molecule has 2 heterocycles. The number of nitrogen functional groups attached to an aromatic ring is 1. The molecule has 4 rings (SSSR count). The van der Waals surface area contributed by atoms with Crippen LogP contribution in [-0.4, -0.2) is 33.9 Å². The lowest BCUT2D eigenvalue weighted by Gasteiger charge is -2.16. The van der Waals surface area contributed by atoms with Gasteiger partial charge in [-0.25, -0.2) is 13.8 Å². The van der Waals surface area contributed by atoms with E-state index in [-0.39, 0.29) is 39.3 Å². The van der Waals surface area contributed by atoms with Crippen molar-refractivity contribution in [3.8, 4) is 0 Å². The van der Waals surface area contributed by atoms with Crippen LogP contribution in [0.4, 0.5) is 14.5 Å². The number of nitrogens with two attached hydrogens (primary N) is 1. The maximum atomic E-state index is 13.8. The number of carbonyl (C=O) groups is 1. The van der Waals surface area contributed by atoms with Crippen molar-refractivity contribution >= 4 is 45.7 Å². The highest BCUT2D eigenvalue weighted by molar-refractivity contribution is 6.42. The molecule has 0 saturated carbocycles. The Kier molecular flexibility index (Phi) is 6.58. The average Bonchev–Trinajstić information content (AvgIpc) is 3.17. The van der Waals surface area contributed by atoms with Gasteiger partial charge in [-0.05, 0) is 30.7 Å². The molecule has 3 N–H and O–H groups in total. The molecule has 0 bridgehead atoms. The fourth-order valence-electron chi connectivity index (χ4n) is 3.36. The molecule has 1 fully saturated rings. The van der Waals surface area contributed by atoms with Crippen LogP contribution in [0, 0.1) is 11.6 Å². The molecule has 158 valence electrons. The molecule has 10 heteroatoms. The first-order chi connectivity index (χ1) is 14.2. The molecule has 0 radical (unpaired) electrons. The summed E-state index contributed by atoms with van der Waals surface area (Å²) in [5.41, 5.74) is 5.67. The van der Waals surface area contributed by atoms with Gasteiger partial charge in [0.05, 0.1) is 21.8 Å². The van der Waals surface area contributed by atoms with Crippen LogP contribution in [0.15, 0.2) is 35.4 Å². The Bertz CT molecular complexity index is 1170. The van der Waals surface area contributed by atoms with E-state index in [2.05, 4.69) is 9.97 Å². The van der Waals surface area contributed by atoms with Gasteiger partial charge in [-0.15, -0.1) is 0 Å². The predicted octanol–water partition coefficient (Wildman–Crippen LogP) is 4.11. The van der Waals surface area contributed by atoms with Crippen LogP contribution in [0.25, 0.3) is 10.9 Å². The number of rotatable bonds is 1. The molecular formula is C20H18Cl2F2N4O2. The monoisotopic (exact) mass is 454 g/mol. The fourth-order valence-corrected chi connectivity index (χ4v) is 3.83. The van der Waals surface area contributed by atoms with Gasteiger partial charge >= 0.3 is 0 Å². The van der Waals surface area contributed by atoms with Crippen molar-refractivity contribution in [2.24, 2.45) is 0 Å². The number of nitrogens with zero attached hydrogens (tertiary/aromatic N) is 2. The number of aromatic nitrogens is 2. The Morgan fingerprint density at radius 1 is 1.27 bits per heavy atom. The van der Waals surface area contributed by atoms with Crippen LogP contribution in [0.5, 0.6) is 0 Å². The zero-order chi connectivity index (χ0) is 22.0. The summed E-state index contributed by atoms with van der Waals surface area (Å²) >= 11 is 11.9. The van der Waals surface area contributed by atoms with Crippen LogP contribution >= 0.6 is 23.2 Å². The maximum absolute atomic E-state index is 13.8. The van der Waals surface area contributed by atoms with Crippen molar-refractivity contribution in [1.82, 2.24) is 14.9 Å². The molecule has 1 saturated heterocycles. The van der Waals surface area contributed by atoms with Gasteiger partial charge in [0.1, 0.15) is 11.3 Å². The highest BCUT2D eigenvalue weighted by atomic mass is 35.5. The Morgan fingerprint density at radius 3 is 2.67 bits per heavy atom. The molecule has 30 heavy (non-hydrogen) atoms. The van der Waals surface area contributed by atoms with Crippen LogP contribution in [-0.2, 0) is 4.79 Å². The number of fused-ring (bicyclic) bond motifs is 1. The van der Waals surface area contributed by atoms with E-state index in [1.165, 1.54) is 25.1 Å². The molecule has 1 aromatic heterocycles. The number of amides is 1. The smallest absolute Gasteiger partial charge is 0.258 e. The summed E-state index contributed by atoms with van der Waals surface area (Å²) in [4.78, 5) is 30.1. The van der Waals surface area contributed by atoms with Gasteiger partial charge in [0, 0.05) is 37.2 Å². The molecule has 1 aliphatic heterocycles. The lowest BCUT2D eigenvalue weighted by atomic mass is 9.98. The van der Waals surface area contributed by atoms with Crippen LogP contribution < -0.4 is 11.3 Å². The van der Waals surface area contributed by atoms with E-state index in [9.17, 15) is 18.4 Å². The zero-order valence-electron chi connectivity index (χ0n) is 15.9. The largest absolute Gasteiger partial charge is 0.399 e. The Hall–Kier alpha value is -2.71. The first kappa shape index (κ1) is 22.0. The standard InChI is InChI=1S/C12H12Cl2FNO.C8H6FN3O/c1-7(17)16-5-4-8(6-16)11-10(15)3-2-9(13)12(11)14;9-6-2-4(10)1-5-7(6)11-3-12-8(5)13/h2-3,8H,4-6H2,1H3;1-3H,10H2,(H,11,12,13). The van der Waals surface area contributed by atoms with Gasteiger partial charge in [0.25, 0.3) is 5.56 Å². The van der Waals surface area contributed by atoms with Gasteiger partial charge in [-0.2, -0.15) is 0 Å². The van der Waals surface area contributed by atoms with Gasteiger partial charge in [0.2, 0.25) is 5.91 Å². The summed E-state index contributed by atoms with van der Waals surface area (Å²) in [6.07, 6.45) is 1.88. The minimum atomic E-state index is -0.582. The summed E-state index contributed by atoms with van der Waals surface area (Å²) in [6.45, 7) is 2.66. The van der Waals surface area contributed by atoms with Crippen LogP contribution in [0.2, 0.25) is 10.0 Å². The van der Waals surface area contributed by atoms with Crippen molar-refractivity contribution in [2.45, 2.75) is 19.3 Å². The molecule has 1 unspecified atom stereocenters. The lowest BCUT2D eigenvalue weighted by Crippen LogP contribution is -2.25. The van der Waals surface area contributed by atoms with Crippen molar-refractivity contribution in [1.29, 1.82) is 0 Å². The molecule has 1 amide bonds. The Labute approximate surface area is 180 Å². The first-order valence-electron chi connectivity index (χ1n) is 9.00. The van der Waals surface area contributed by atoms with Crippen molar-refractivity contribution in [3.05, 3.63) is 68.2 Å². The van der Waals surface area contributed by atoms with E-state index in [0.717, 1.165) is 18.8 Å².